The van der Waals surface area contributed by atoms with Gasteiger partial charge in [0, 0.05) is 23.8 Å². The van der Waals surface area contributed by atoms with Crippen LogP contribution in [-0.4, -0.2) is 16.6 Å². The molecule has 1 aromatic heterocycles. The van der Waals surface area contributed by atoms with Gasteiger partial charge < -0.3 is 9.80 Å². The van der Waals surface area contributed by atoms with E-state index in [9.17, 15) is 0 Å². The van der Waals surface area contributed by atoms with Gasteiger partial charge in [-0.15, -0.1) is 0 Å². The molecule has 120 valence electrons. The van der Waals surface area contributed by atoms with Crippen LogP contribution in [0.1, 0.15) is 0 Å². The lowest BCUT2D eigenvalue weighted by molar-refractivity contribution is 0.977. The molecule has 0 saturated carbocycles. The van der Waals surface area contributed by atoms with Gasteiger partial charge in [0.25, 0.3) is 0 Å². The molecule has 5 rings (SSSR count). The third-order valence-electron chi connectivity index (χ3n) is 4.57. The maximum atomic E-state index is 4.59. The van der Waals surface area contributed by atoms with Crippen molar-refractivity contribution in [3.8, 4) is 0 Å². The summed E-state index contributed by atoms with van der Waals surface area (Å²) in [6.45, 7) is 0.696. The van der Waals surface area contributed by atoms with Gasteiger partial charge in [-0.3, -0.25) is 0 Å². The summed E-state index contributed by atoms with van der Waals surface area (Å²) in [6.07, 6.45) is 3.50. The van der Waals surface area contributed by atoms with Crippen LogP contribution in [0.4, 0.5) is 23.0 Å². The number of benzene rings is 3. The zero-order valence-corrected chi connectivity index (χ0v) is 13.6. The van der Waals surface area contributed by atoms with Crippen LogP contribution in [-0.2, 0) is 0 Å². The van der Waals surface area contributed by atoms with Crippen LogP contribution >= 0.6 is 0 Å². The van der Waals surface area contributed by atoms with Gasteiger partial charge >= 0.3 is 0 Å². The first-order valence-corrected chi connectivity index (χ1v) is 8.30. The second-order valence-corrected chi connectivity index (χ2v) is 6.07. The predicted octanol–water partition coefficient (Wildman–Crippen LogP) is 4.88. The smallest absolute Gasteiger partial charge is 0.178 e. The maximum absolute atomic E-state index is 4.59. The number of fused-ring (bicyclic) bond motifs is 2. The summed E-state index contributed by atoms with van der Waals surface area (Å²) >= 11 is 0. The molecule has 0 unspecified atom stereocenters. The van der Waals surface area contributed by atoms with Crippen LogP contribution in [0.3, 0.4) is 0 Å². The van der Waals surface area contributed by atoms with Crippen LogP contribution in [0.5, 0.6) is 0 Å². The summed E-state index contributed by atoms with van der Waals surface area (Å²) in [4.78, 5) is 13.6. The van der Waals surface area contributed by atoms with Crippen molar-refractivity contribution in [2.24, 2.45) is 0 Å². The van der Waals surface area contributed by atoms with E-state index in [-0.39, 0.29) is 0 Å². The van der Waals surface area contributed by atoms with E-state index in [1.807, 2.05) is 18.2 Å². The number of aromatic nitrogens is 2. The SMILES string of the molecule is c1ccc(N2CN(c3ccc4ccccc4c3)c3nccnc32)cc1. The Balaban J connectivity index is 1.62. The van der Waals surface area contributed by atoms with Crippen molar-refractivity contribution in [3.05, 3.63) is 85.2 Å². The Bertz CT molecular complexity index is 1050. The largest absolute Gasteiger partial charge is 0.305 e. The Kier molecular flexibility index (Phi) is 3.13. The van der Waals surface area contributed by atoms with Crippen molar-refractivity contribution in [2.45, 2.75) is 0 Å². The summed E-state index contributed by atoms with van der Waals surface area (Å²) in [5, 5.41) is 2.47. The molecular formula is C21H16N4. The van der Waals surface area contributed by atoms with E-state index in [0.29, 0.717) is 6.67 Å². The standard InChI is InChI=1S/C21H16N4/c1-2-8-18(9-3-1)24-15-25(21-20(24)22-12-13-23-21)19-11-10-16-6-4-5-7-17(16)14-19/h1-14H,15H2. The van der Waals surface area contributed by atoms with Crippen molar-refractivity contribution in [2.75, 3.05) is 16.5 Å². The topological polar surface area (TPSA) is 32.3 Å². The molecule has 3 aromatic carbocycles. The fourth-order valence-corrected chi connectivity index (χ4v) is 3.34. The fraction of sp³-hybridized carbons (Fsp3) is 0.0476. The molecule has 25 heavy (non-hydrogen) atoms. The molecule has 0 amide bonds. The Morgan fingerprint density at radius 2 is 1.24 bits per heavy atom. The number of hydrogen-bond donors (Lipinski definition) is 0. The average Bonchev–Trinajstić information content (AvgIpc) is 3.08. The monoisotopic (exact) mass is 324 g/mol. The number of para-hydroxylation sites is 1. The van der Waals surface area contributed by atoms with E-state index in [0.717, 1.165) is 23.0 Å². The van der Waals surface area contributed by atoms with Crippen LogP contribution in [0, 0.1) is 0 Å². The lowest BCUT2D eigenvalue weighted by Crippen LogP contribution is -2.24. The van der Waals surface area contributed by atoms with Gasteiger partial charge in [-0.05, 0) is 35.0 Å². The van der Waals surface area contributed by atoms with E-state index in [2.05, 4.69) is 74.4 Å². The van der Waals surface area contributed by atoms with Gasteiger partial charge in [0.2, 0.25) is 0 Å². The minimum Gasteiger partial charge on any atom is -0.305 e. The molecule has 0 aliphatic carbocycles. The molecule has 0 N–H and O–H groups in total. The molecule has 0 fully saturated rings. The molecule has 0 atom stereocenters. The lowest BCUT2D eigenvalue weighted by atomic mass is 10.1. The molecule has 0 radical (unpaired) electrons. The maximum Gasteiger partial charge on any atom is 0.178 e. The van der Waals surface area contributed by atoms with Gasteiger partial charge in [0.05, 0.1) is 0 Å². The summed E-state index contributed by atoms with van der Waals surface area (Å²) in [7, 11) is 0. The van der Waals surface area contributed by atoms with Gasteiger partial charge in [-0.2, -0.15) is 0 Å². The highest BCUT2D eigenvalue weighted by Crippen LogP contribution is 2.41. The third-order valence-corrected chi connectivity index (χ3v) is 4.57. The molecule has 0 saturated heterocycles. The van der Waals surface area contributed by atoms with Gasteiger partial charge in [-0.1, -0.05) is 48.5 Å². The number of nitrogens with zero attached hydrogens (tertiary/aromatic N) is 4. The molecule has 4 heteroatoms. The first kappa shape index (κ1) is 14.0. The highest BCUT2D eigenvalue weighted by molar-refractivity contribution is 5.89. The summed E-state index contributed by atoms with van der Waals surface area (Å²) < 4.78 is 0. The highest BCUT2D eigenvalue weighted by atomic mass is 15.4. The van der Waals surface area contributed by atoms with Crippen molar-refractivity contribution in [1.29, 1.82) is 0 Å². The van der Waals surface area contributed by atoms with E-state index in [1.165, 1.54) is 10.8 Å². The molecular weight excluding hydrogens is 308 g/mol. The second kappa shape index (κ2) is 5.60. The lowest BCUT2D eigenvalue weighted by Gasteiger charge is -2.21. The van der Waals surface area contributed by atoms with Gasteiger partial charge in [0.15, 0.2) is 11.6 Å². The first-order chi connectivity index (χ1) is 12.4. The normalized spacial score (nSPS) is 13.3. The van der Waals surface area contributed by atoms with Gasteiger partial charge in [0.1, 0.15) is 6.67 Å². The summed E-state index contributed by atoms with van der Waals surface area (Å²) in [6, 6.07) is 25.2. The number of rotatable bonds is 2. The van der Waals surface area contributed by atoms with Crippen LogP contribution < -0.4 is 9.80 Å². The van der Waals surface area contributed by atoms with Crippen LogP contribution in [0.2, 0.25) is 0 Å². The Hall–Kier alpha value is -3.40. The van der Waals surface area contributed by atoms with Crippen LogP contribution in [0.25, 0.3) is 10.8 Å². The Morgan fingerprint density at radius 3 is 2.00 bits per heavy atom. The van der Waals surface area contributed by atoms with Crippen molar-refractivity contribution in [1.82, 2.24) is 9.97 Å². The summed E-state index contributed by atoms with van der Waals surface area (Å²) in [5.74, 6) is 1.78. The molecule has 0 spiro atoms. The molecule has 1 aliphatic rings. The summed E-state index contributed by atoms with van der Waals surface area (Å²) in [5.41, 5.74) is 2.24. The average molecular weight is 324 g/mol. The van der Waals surface area contributed by atoms with Crippen molar-refractivity contribution < 1.29 is 0 Å². The van der Waals surface area contributed by atoms with E-state index < -0.39 is 0 Å². The molecule has 4 aromatic rings. The van der Waals surface area contributed by atoms with Gasteiger partial charge in [-0.25, -0.2) is 9.97 Å². The fourth-order valence-electron chi connectivity index (χ4n) is 3.34. The Morgan fingerprint density at radius 1 is 0.600 bits per heavy atom. The predicted molar refractivity (Wildman–Crippen MR) is 102 cm³/mol. The highest BCUT2D eigenvalue weighted by Gasteiger charge is 2.30. The first-order valence-electron chi connectivity index (χ1n) is 8.30. The quantitative estimate of drug-likeness (QED) is 0.526. The van der Waals surface area contributed by atoms with E-state index >= 15 is 0 Å². The minimum absolute atomic E-state index is 0.696. The van der Waals surface area contributed by atoms with E-state index in [1.54, 1.807) is 12.4 Å². The Labute approximate surface area is 146 Å². The molecule has 0 bridgehead atoms. The van der Waals surface area contributed by atoms with Crippen molar-refractivity contribution >= 4 is 33.8 Å². The van der Waals surface area contributed by atoms with E-state index in [4.69, 9.17) is 0 Å². The number of hydrogen-bond acceptors (Lipinski definition) is 4. The molecule has 4 nitrogen and oxygen atoms in total. The minimum atomic E-state index is 0.696. The molecule has 2 heterocycles. The van der Waals surface area contributed by atoms with Crippen LogP contribution in [0.15, 0.2) is 85.2 Å². The third kappa shape index (κ3) is 2.31. The zero-order valence-electron chi connectivity index (χ0n) is 13.6. The number of anilines is 4. The van der Waals surface area contributed by atoms with Crippen molar-refractivity contribution in [3.63, 3.8) is 0 Å². The zero-order chi connectivity index (χ0) is 16.6. The molecule has 1 aliphatic heterocycles. The second-order valence-electron chi connectivity index (χ2n) is 6.07.